The van der Waals surface area contributed by atoms with Gasteiger partial charge in [-0.25, -0.2) is 9.80 Å². The number of nitrogens with zero attached hydrogens (tertiary/aromatic N) is 8. The van der Waals surface area contributed by atoms with Crippen LogP contribution in [0.25, 0.3) is 0 Å². The summed E-state index contributed by atoms with van der Waals surface area (Å²) in [5, 5.41) is 0. The third-order valence-electron chi connectivity index (χ3n) is 13.9. The van der Waals surface area contributed by atoms with Gasteiger partial charge in [-0.15, -0.1) is 0 Å². The molecule has 0 radical (unpaired) electrons. The van der Waals surface area contributed by atoms with Crippen LogP contribution in [0.2, 0.25) is 0 Å². The van der Waals surface area contributed by atoms with E-state index in [1.807, 2.05) is 0 Å². The summed E-state index contributed by atoms with van der Waals surface area (Å²) in [5.41, 5.74) is 3.58. The molecule has 0 N–H and O–H groups in total. The van der Waals surface area contributed by atoms with Crippen molar-refractivity contribution in [3.63, 3.8) is 0 Å². The van der Waals surface area contributed by atoms with Gasteiger partial charge in [0.2, 0.25) is 0 Å². The number of benzene rings is 1. The molecule has 234 valence electrons. The van der Waals surface area contributed by atoms with E-state index in [1.165, 1.54) is 140 Å². The summed E-state index contributed by atoms with van der Waals surface area (Å²) in [7, 11) is 0. The van der Waals surface area contributed by atoms with Gasteiger partial charge in [-0.2, -0.15) is 0 Å². The zero-order valence-electron chi connectivity index (χ0n) is 25.9. The van der Waals surface area contributed by atoms with Gasteiger partial charge >= 0.3 is 0 Å². The largest absolute Gasteiger partial charge is 1.00 e. The quantitative estimate of drug-likeness (QED) is 0.291. The standard InChI is InChI=1S/C32H52N8.2BrH/c1-31-29-33-9-3-11-35(29)17-21-39(31,23-19-37(31)15-13-33)25-27-5-7-28(8-6-27)26-40-22-18-36-12-4-10-34-14-16-38(20-24-40)32(40,2)30(34)36;;/h5-8,29-30H,3-4,9-26H2,1-2H3;2*1H/q+2;;/p-2/t29-,30-,31+,32+,39?,40?;;/m0../s1. The molecule has 0 saturated carbocycles. The van der Waals surface area contributed by atoms with Gasteiger partial charge in [-0.05, 0) is 12.8 Å². The van der Waals surface area contributed by atoms with Crippen LogP contribution in [0.1, 0.15) is 37.8 Å². The zero-order valence-corrected chi connectivity index (χ0v) is 29.1. The Kier molecular flexibility index (Phi) is 7.78. The molecule has 0 spiro atoms. The van der Waals surface area contributed by atoms with Crippen molar-refractivity contribution in [2.75, 3.05) is 105 Å². The molecule has 6 atom stereocenters. The van der Waals surface area contributed by atoms with E-state index in [0.717, 1.165) is 0 Å². The topological polar surface area (TPSA) is 19.4 Å². The van der Waals surface area contributed by atoms with Crippen molar-refractivity contribution in [2.45, 2.75) is 63.4 Å². The lowest BCUT2D eigenvalue weighted by Crippen LogP contribution is -3.00. The molecule has 8 aliphatic rings. The fraction of sp³-hybridized carbons (Fsp3) is 0.812. The average Bonchev–Trinajstić information content (AvgIpc) is 3.44. The van der Waals surface area contributed by atoms with Gasteiger partial charge < -0.3 is 34.0 Å². The maximum Gasteiger partial charge on any atom is 0.182 e. The Labute approximate surface area is 274 Å². The van der Waals surface area contributed by atoms with Gasteiger partial charge in [-0.1, -0.05) is 24.3 Å². The Morgan fingerprint density at radius 3 is 1.29 bits per heavy atom. The SMILES string of the molecule is C[C@]12[C@H]3N4CCCN3CC[N+]1(Cc1ccc(C[N+]35CCN6CCCN7CCN(CC3)[C@@]5(C)[C@@H]76)cc1)CCN2CC4.[Br-].[Br-]. The number of hydrogen-bond acceptors (Lipinski definition) is 6. The highest BCUT2D eigenvalue weighted by Crippen LogP contribution is 2.49. The van der Waals surface area contributed by atoms with Crippen molar-refractivity contribution in [2.24, 2.45) is 0 Å². The summed E-state index contributed by atoms with van der Waals surface area (Å²) in [4.78, 5) is 17.1. The molecule has 42 heavy (non-hydrogen) atoms. The van der Waals surface area contributed by atoms with E-state index in [1.54, 1.807) is 11.1 Å². The van der Waals surface area contributed by atoms with Gasteiger partial charge in [0.1, 0.15) is 25.4 Å². The number of halogens is 2. The maximum absolute atomic E-state index is 2.88. The molecule has 8 heterocycles. The number of piperazine rings is 4. The smallest absolute Gasteiger partial charge is 0.182 e. The minimum absolute atomic E-state index is 0. The van der Waals surface area contributed by atoms with Crippen molar-refractivity contribution in [3.8, 4) is 0 Å². The highest BCUT2D eigenvalue weighted by molar-refractivity contribution is 5.22. The van der Waals surface area contributed by atoms with E-state index in [4.69, 9.17) is 0 Å². The van der Waals surface area contributed by atoms with E-state index < -0.39 is 0 Å². The van der Waals surface area contributed by atoms with Crippen molar-refractivity contribution in [3.05, 3.63) is 35.4 Å². The molecular formula is C32H52Br2N8. The van der Waals surface area contributed by atoms with E-state index >= 15 is 0 Å². The van der Waals surface area contributed by atoms with Gasteiger partial charge in [0.25, 0.3) is 0 Å². The molecular weight excluding hydrogens is 656 g/mol. The van der Waals surface area contributed by atoms with E-state index in [0.29, 0.717) is 12.3 Å². The van der Waals surface area contributed by atoms with Crippen LogP contribution in [0.3, 0.4) is 0 Å². The van der Waals surface area contributed by atoms with Crippen LogP contribution in [-0.4, -0.2) is 167 Å². The summed E-state index contributed by atoms with van der Waals surface area (Å²) in [5.74, 6) is 0. The molecule has 10 heteroatoms. The van der Waals surface area contributed by atoms with Crippen LogP contribution in [-0.2, 0) is 13.1 Å². The lowest BCUT2D eigenvalue weighted by atomic mass is 9.90. The summed E-state index contributed by atoms with van der Waals surface area (Å²) in [6.07, 6.45) is 3.91. The Balaban J connectivity index is 0.00000144. The summed E-state index contributed by atoms with van der Waals surface area (Å²) in [6, 6.07) is 10.1. The Morgan fingerprint density at radius 1 is 0.524 bits per heavy atom. The number of hydrogen-bond donors (Lipinski definition) is 0. The second-order valence-electron chi connectivity index (χ2n) is 15.1. The fourth-order valence-electron chi connectivity index (χ4n) is 11.7. The van der Waals surface area contributed by atoms with Gasteiger partial charge in [0, 0.05) is 90.4 Å². The Morgan fingerprint density at radius 2 is 0.881 bits per heavy atom. The predicted octanol–water partition coefficient (Wildman–Crippen LogP) is -4.89. The van der Waals surface area contributed by atoms with Crippen LogP contribution in [0, 0.1) is 0 Å². The van der Waals surface area contributed by atoms with Crippen molar-refractivity contribution in [1.29, 1.82) is 0 Å². The van der Waals surface area contributed by atoms with Crippen molar-refractivity contribution in [1.82, 2.24) is 29.4 Å². The predicted molar refractivity (Wildman–Crippen MR) is 157 cm³/mol. The first-order valence-electron chi connectivity index (χ1n) is 16.7. The van der Waals surface area contributed by atoms with Crippen LogP contribution in [0.4, 0.5) is 0 Å². The lowest BCUT2D eigenvalue weighted by molar-refractivity contribution is -0.992. The van der Waals surface area contributed by atoms with Gasteiger partial charge in [0.15, 0.2) is 11.3 Å². The van der Waals surface area contributed by atoms with Crippen LogP contribution < -0.4 is 34.0 Å². The van der Waals surface area contributed by atoms with E-state index in [-0.39, 0.29) is 45.3 Å². The molecule has 8 fully saturated rings. The van der Waals surface area contributed by atoms with Crippen LogP contribution in [0.15, 0.2) is 24.3 Å². The molecule has 0 amide bonds. The first-order valence-corrected chi connectivity index (χ1v) is 16.7. The Bertz CT molecular complexity index is 1070. The summed E-state index contributed by atoms with van der Waals surface area (Å²) in [6.45, 7) is 28.2. The average molecular weight is 709 g/mol. The molecule has 0 aromatic heterocycles. The minimum Gasteiger partial charge on any atom is -1.00 e. The molecule has 0 bridgehead atoms. The van der Waals surface area contributed by atoms with Crippen LogP contribution >= 0.6 is 0 Å². The minimum atomic E-state index is 0. The Hall–Kier alpha value is -0.140. The monoisotopic (exact) mass is 706 g/mol. The first-order chi connectivity index (χ1) is 19.5. The number of quaternary nitrogens is 2. The van der Waals surface area contributed by atoms with Crippen molar-refractivity contribution >= 4 is 0 Å². The summed E-state index contributed by atoms with van der Waals surface area (Å²) >= 11 is 0. The highest BCUT2D eigenvalue weighted by atomic mass is 79.9. The number of rotatable bonds is 4. The normalized spacial score (nSPS) is 43.8. The van der Waals surface area contributed by atoms with Crippen molar-refractivity contribution < 1.29 is 42.9 Å². The zero-order chi connectivity index (χ0) is 26.7. The third kappa shape index (κ3) is 3.92. The van der Waals surface area contributed by atoms with E-state index in [9.17, 15) is 0 Å². The van der Waals surface area contributed by atoms with Crippen LogP contribution in [0.5, 0.6) is 0 Å². The second-order valence-corrected chi connectivity index (χ2v) is 15.1. The molecule has 8 aliphatic heterocycles. The molecule has 8 saturated heterocycles. The van der Waals surface area contributed by atoms with Gasteiger partial charge in [-0.3, -0.25) is 28.6 Å². The molecule has 0 aliphatic carbocycles. The lowest BCUT2D eigenvalue weighted by Gasteiger charge is -2.65. The molecule has 2 unspecified atom stereocenters. The second kappa shape index (κ2) is 10.7. The highest BCUT2D eigenvalue weighted by Gasteiger charge is 2.69. The fourth-order valence-corrected chi connectivity index (χ4v) is 11.7. The van der Waals surface area contributed by atoms with Gasteiger partial charge in [0.05, 0.1) is 39.3 Å². The molecule has 1 aromatic rings. The molecule has 9 rings (SSSR count). The van der Waals surface area contributed by atoms with E-state index in [2.05, 4.69) is 67.5 Å². The maximum atomic E-state index is 2.88. The molecule has 1 aromatic carbocycles. The molecule has 8 nitrogen and oxygen atoms in total. The first kappa shape index (κ1) is 30.5. The third-order valence-corrected chi connectivity index (χ3v) is 13.9. The summed E-state index contributed by atoms with van der Waals surface area (Å²) < 4.78 is 2.54.